The van der Waals surface area contributed by atoms with Crippen LogP contribution in [0.3, 0.4) is 0 Å². The van der Waals surface area contributed by atoms with Gasteiger partial charge < -0.3 is 25.2 Å². The molecular weight excluding hydrogens is 420 g/mol. The van der Waals surface area contributed by atoms with E-state index in [2.05, 4.69) is 5.32 Å². The fourth-order valence-corrected chi connectivity index (χ4v) is 5.93. The summed E-state index contributed by atoms with van der Waals surface area (Å²) in [5, 5.41) is 20.3. The highest BCUT2D eigenvalue weighted by Crippen LogP contribution is 2.46. The second-order valence-corrected chi connectivity index (χ2v) is 9.95. The molecule has 0 saturated carbocycles. The second-order valence-electron chi connectivity index (χ2n) is 7.38. The lowest BCUT2D eigenvalue weighted by Gasteiger charge is -2.35. The Bertz CT molecular complexity index is 1050. The Labute approximate surface area is 171 Å². The van der Waals surface area contributed by atoms with Gasteiger partial charge in [0, 0.05) is 0 Å². The van der Waals surface area contributed by atoms with Crippen molar-refractivity contribution in [2.24, 2.45) is 0 Å². The average Bonchev–Trinajstić information content (AvgIpc) is 2.81. The van der Waals surface area contributed by atoms with Crippen molar-refractivity contribution in [1.82, 2.24) is 10.2 Å². The number of nitrogens with zero attached hydrogens (tertiary/aromatic N) is 1. The summed E-state index contributed by atoms with van der Waals surface area (Å²) < 4.78 is 28.3. The largest absolute Gasteiger partial charge is 0.507 e. The summed E-state index contributed by atoms with van der Waals surface area (Å²) in [4.78, 5) is 48.3. The van der Waals surface area contributed by atoms with Gasteiger partial charge in [0.25, 0.3) is 0 Å². The first-order valence-electron chi connectivity index (χ1n) is 8.91. The van der Waals surface area contributed by atoms with Crippen LogP contribution in [0.25, 0.3) is 0 Å². The number of ketones is 1. The van der Waals surface area contributed by atoms with Crippen LogP contribution in [0, 0.1) is 6.92 Å². The molecule has 2 aliphatic heterocycles. The Morgan fingerprint density at radius 2 is 2.00 bits per heavy atom. The highest BCUT2D eigenvalue weighted by molar-refractivity contribution is 7.94. The first kappa shape index (κ1) is 21.6. The molecule has 0 unspecified atom stereocenters. The summed E-state index contributed by atoms with van der Waals surface area (Å²) in [6, 6.07) is 2.85. The maximum atomic E-state index is 12.7. The Kier molecular flexibility index (Phi) is 5.23. The first-order valence-corrected chi connectivity index (χ1v) is 10.5. The third-order valence-corrected chi connectivity index (χ3v) is 8.22. The monoisotopic (exact) mass is 440 g/mol. The Hall–Kier alpha value is -3.15. The van der Waals surface area contributed by atoms with Crippen LogP contribution in [0.1, 0.15) is 29.3 Å². The number of aromatic hydroxyl groups is 1. The predicted octanol–water partition coefficient (Wildman–Crippen LogP) is -0.192. The maximum absolute atomic E-state index is 12.7. The van der Waals surface area contributed by atoms with Crippen molar-refractivity contribution in [1.29, 1.82) is 0 Å². The molecule has 30 heavy (non-hydrogen) atoms. The number of carbonyl (C=O) groups is 4. The van der Waals surface area contributed by atoms with Crippen molar-refractivity contribution in [3.8, 4) is 5.75 Å². The normalized spacial score (nSPS) is 26.5. The number of aliphatic carboxylic acids is 1. The van der Waals surface area contributed by atoms with Crippen LogP contribution in [-0.4, -0.2) is 76.6 Å². The zero-order chi connectivity index (χ0) is 22.4. The summed E-state index contributed by atoms with van der Waals surface area (Å²) in [6.07, 6.45) is -1.46. The minimum Gasteiger partial charge on any atom is -0.507 e. The van der Waals surface area contributed by atoms with Crippen LogP contribution in [0.15, 0.2) is 18.2 Å². The van der Waals surface area contributed by atoms with Gasteiger partial charge in [-0.2, -0.15) is 0 Å². The van der Waals surface area contributed by atoms with E-state index in [9.17, 15) is 37.8 Å². The highest BCUT2D eigenvalue weighted by Gasteiger charge is 2.70. The number of nitrogens with one attached hydrogen (secondary N) is 1. The molecule has 1 aromatic carbocycles. The van der Waals surface area contributed by atoms with E-state index >= 15 is 0 Å². The lowest BCUT2D eigenvalue weighted by atomic mass is 9.97. The van der Waals surface area contributed by atoms with E-state index in [0.29, 0.717) is 5.56 Å². The van der Waals surface area contributed by atoms with Crippen molar-refractivity contribution in [3.63, 3.8) is 0 Å². The SMILES string of the molecule is Cc1cccc(C(=O)CNC(=O)OC[C@@]2(C)[C@H](C(=O)O)N3C(=O)C[C@H]3S2(=O)=O)c1O. The zero-order valence-electron chi connectivity index (χ0n) is 16.1. The molecular formula is C18H20N2O9S. The topological polar surface area (TPSA) is 167 Å². The number of aryl methyl sites for hydroxylation is 1. The van der Waals surface area contributed by atoms with E-state index < -0.39 is 62.9 Å². The number of Topliss-reactive ketones (excluding diaryl/α,β-unsaturated/α-hetero) is 1. The summed E-state index contributed by atoms with van der Waals surface area (Å²) in [5.41, 5.74) is 0.469. The number of carboxylic acids is 1. The van der Waals surface area contributed by atoms with Crippen molar-refractivity contribution in [2.45, 2.75) is 36.4 Å². The molecule has 3 rings (SSSR count). The fourth-order valence-electron chi connectivity index (χ4n) is 3.66. The van der Waals surface area contributed by atoms with Gasteiger partial charge in [-0.25, -0.2) is 18.0 Å². The summed E-state index contributed by atoms with van der Waals surface area (Å²) >= 11 is 0. The molecule has 0 radical (unpaired) electrons. The quantitative estimate of drug-likeness (QED) is 0.401. The smallest absolute Gasteiger partial charge is 0.407 e. The van der Waals surface area contributed by atoms with Crippen molar-refractivity contribution >= 4 is 33.6 Å². The molecule has 3 N–H and O–H groups in total. The lowest BCUT2D eigenvalue weighted by Crippen LogP contribution is -2.58. The molecule has 0 aliphatic carbocycles. The molecule has 162 valence electrons. The van der Waals surface area contributed by atoms with Crippen LogP contribution < -0.4 is 5.32 Å². The molecule has 2 fully saturated rings. The summed E-state index contributed by atoms with van der Waals surface area (Å²) in [5.74, 6) is -2.95. The van der Waals surface area contributed by atoms with Gasteiger partial charge in [0.15, 0.2) is 21.7 Å². The number of phenols is 1. The molecule has 2 amide bonds. The number of fused-ring (bicyclic) bond motifs is 1. The van der Waals surface area contributed by atoms with E-state index in [1.165, 1.54) is 6.07 Å². The second kappa shape index (κ2) is 7.27. The lowest BCUT2D eigenvalue weighted by molar-refractivity contribution is -0.158. The number of rotatable bonds is 6. The minimum absolute atomic E-state index is 0.00513. The predicted molar refractivity (Wildman–Crippen MR) is 101 cm³/mol. The van der Waals surface area contributed by atoms with Crippen LogP contribution in [0.2, 0.25) is 0 Å². The number of amides is 2. The Balaban J connectivity index is 1.66. The number of para-hydroxylation sites is 1. The molecule has 0 spiro atoms. The van der Waals surface area contributed by atoms with Gasteiger partial charge in [-0.05, 0) is 25.5 Å². The van der Waals surface area contributed by atoms with Crippen LogP contribution in [-0.2, 0) is 24.2 Å². The molecule has 11 nitrogen and oxygen atoms in total. The number of hydrogen-bond donors (Lipinski definition) is 3. The van der Waals surface area contributed by atoms with Gasteiger partial charge in [-0.3, -0.25) is 9.59 Å². The molecule has 2 heterocycles. The van der Waals surface area contributed by atoms with E-state index in [-0.39, 0.29) is 17.7 Å². The molecule has 0 bridgehead atoms. The maximum Gasteiger partial charge on any atom is 0.407 e. The zero-order valence-corrected chi connectivity index (χ0v) is 16.9. The third kappa shape index (κ3) is 3.16. The third-order valence-electron chi connectivity index (χ3n) is 5.47. The van der Waals surface area contributed by atoms with Crippen LogP contribution in [0.5, 0.6) is 5.75 Å². The van der Waals surface area contributed by atoms with Crippen molar-refractivity contribution in [2.75, 3.05) is 13.2 Å². The molecule has 3 atom stereocenters. The standard InChI is InChI=1S/C18H20N2O9S/c1-9-4-3-5-10(14(9)23)11(21)7-19-17(26)29-8-18(2)15(16(24)25)20-12(22)6-13(20)30(18,27)28/h3-5,13,15,23H,6-8H2,1-2H3,(H,19,26)(H,24,25)/t13-,15+,18+/m1/s1. The van der Waals surface area contributed by atoms with E-state index in [0.717, 1.165) is 11.8 Å². The molecule has 12 heteroatoms. The van der Waals surface area contributed by atoms with Gasteiger partial charge in [-0.1, -0.05) is 12.1 Å². The number of carboxylic acid groups (broad SMARTS) is 1. The molecule has 0 aromatic heterocycles. The van der Waals surface area contributed by atoms with Crippen LogP contribution >= 0.6 is 0 Å². The minimum atomic E-state index is -4.12. The first-order chi connectivity index (χ1) is 13.9. The number of ether oxygens (including phenoxy) is 1. The number of carbonyl (C=O) groups excluding carboxylic acids is 3. The van der Waals surface area contributed by atoms with Gasteiger partial charge in [0.05, 0.1) is 18.5 Å². The van der Waals surface area contributed by atoms with Crippen molar-refractivity contribution in [3.05, 3.63) is 29.3 Å². The summed E-state index contributed by atoms with van der Waals surface area (Å²) in [6.45, 7) is 1.36. The number of sulfone groups is 1. The van der Waals surface area contributed by atoms with E-state index in [4.69, 9.17) is 4.74 Å². The Morgan fingerprint density at radius 3 is 2.60 bits per heavy atom. The Morgan fingerprint density at radius 1 is 1.33 bits per heavy atom. The molecule has 2 saturated heterocycles. The number of hydrogen-bond acceptors (Lipinski definition) is 8. The highest BCUT2D eigenvalue weighted by atomic mass is 32.2. The number of phenolic OH excluding ortho intramolecular Hbond substituents is 1. The van der Waals surface area contributed by atoms with Crippen molar-refractivity contribution < 1.29 is 42.5 Å². The average molecular weight is 440 g/mol. The molecule has 1 aromatic rings. The van der Waals surface area contributed by atoms with Gasteiger partial charge in [0.1, 0.15) is 22.5 Å². The van der Waals surface area contributed by atoms with E-state index in [1.807, 2.05) is 0 Å². The van der Waals surface area contributed by atoms with Gasteiger partial charge in [0.2, 0.25) is 5.91 Å². The van der Waals surface area contributed by atoms with Gasteiger partial charge in [-0.15, -0.1) is 0 Å². The number of β-lactam (4-membered cyclic amide) rings is 1. The fraction of sp³-hybridized carbons (Fsp3) is 0.444. The molecule has 2 aliphatic rings. The van der Waals surface area contributed by atoms with Crippen LogP contribution in [0.4, 0.5) is 4.79 Å². The number of alkyl carbamates (subject to hydrolysis) is 1. The van der Waals surface area contributed by atoms with Gasteiger partial charge >= 0.3 is 12.1 Å². The van der Waals surface area contributed by atoms with E-state index in [1.54, 1.807) is 19.1 Å². The summed E-state index contributed by atoms with van der Waals surface area (Å²) in [7, 11) is -4.12. The number of benzene rings is 1.